The Balaban J connectivity index is 2.00. The number of nitrogens with zero attached hydrogens (tertiary/aromatic N) is 2. The number of carbonyl (C=O) groups excluding carboxylic acids is 2. The van der Waals surface area contributed by atoms with E-state index in [0.29, 0.717) is 5.02 Å². The average Bonchev–Trinajstić information content (AvgIpc) is 2.87. The highest BCUT2D eigenvalue weighted by Crippen LogP contribution is 2.26. The molecule has 0 unspecified atom stereocenters. The first-order valence-electron chi connectivity index (χ1n) is 11.0. The van der Waals surface area contributed by atoms with E-state index in [1.807, 2.05) is 31.2 Å². The quantitative estimate of drug-likeness (QED) is 0.468. The van der Waals surface area contributed by atoms with Gasteiger partial charge in [0.1, 0.15) is 12.6 Å². The van der Waals surface area contributed by atoms with Gasteiger partial charge in [-0.3, -0.25) is 13.9 Å². The van der Waals surface area contributed by atoms with E-state index in [1.165, 1.54) is 24.1 Å². The largest absolute Gasteiger partial charge is 0.357 e. The van der Waals surface area contributed by atoms with Gasteiger partial charge in [0.05, 0.1) is 10.6 Å². The molecule has 2 amide bonds. The van der Waals surface area contributed by atoms with Crippen molar-refractivity contribution in [2.24, 2.45) is 0 Å². The van der Waals surface area contributed by atoms with Crippen molar-refractivity contribution in [2.45, 2.75) is 31.3 Å². The maximum Gasteiger partial charge on any atom is 0.264 e. The van der Waals surface area contributed by atoms with Crippen molar-refractivity contribution in [1.29, 1.82) is 0 Å². The predicted molar refractivity (Wildman–Crippen MR) is 138 cm³/mol. The van der Waals surface area contributed by atoms with Gasteiger partial charge < -0.3 is 10.2 Å². The molecule has 0 saturated carbocycles. The number of likely N-dealkylation sites (N-methyl/N-ethyl adjacent to an activating group) is 1. The third-order valence-corrected chi connectivity index (χ3v) is 7.65. The first-order chi connectivity index (χ1) is 16.6. The van der Waals surface area contributed by atoms with Gasteiger partial charge in [-0.25, -0.2) is 8.42 Å². The highest BCUT2D eigenvalue weighted by Gasteiger charge is 2.32. The molecule has 0 saturated heterocycles. The lowest BCUT2D eigenvalue weighted by Gasteiger charge is -2.31. The molecule has 1 N–H and O–H groups in total. The van der Waals surface area contributed by atoms with E-state index >= 15 is 0 Å². The van der Waals surface area contributed by atoms with Crippen LogP contribution in [-0.2, 0) is 26.2 Å². The van der Waals surface area contributed by atoms with Crippen molar-refractivity contribution in [3.05, 3.63) is 95.0 Å². The van der Waals surface area contributed by atoms with Crippen LogP contribution in [0.2, 0.25) is 5.02 Å². The van der Waals surface area contributed by atoms with Crippen molar-refractivity contribution in [3.63, 3.8) is 0 Å². The van der Waals surface area contributed by atoms with Crippen molar-refractivity contribution < 1.29 is 18.0 Å². The van der Waals surface area contributed by atoms with Gasteiger partial charge in [-0.2, -0.15) is 0 Å². The Labute approximate surface area is 211 Å². The van der Waals surface area contributed by atoms with Gasteiger partial charge in [0.2, 0.25) is 11.8 Å². The van der Waals surface area contributed by atoms with Crippen LogP contribution < -0.4 is 9.62 Å². The monoisotopic (exact) mass is 513 g/mol. The predicted octanol–water partition coefficient (Wildman–Crippen LogP) is 4.01. The average molecular weight is 514 g/mol. The molecule has 9 heteroatoms. The fraction of sp³-hybridized carbons (Fsp3) is 0.231. The Hall–Kier alpha value is -3.36. The zero-order chi connectivity index (χ0) is 25.6. The number of nitrogens with one attached hydrogen (secondary N) is 1. The van der Waals surface area contributed by atoms with E-state index in [9.17, 15) is 18.0 Å². The zero-order valence-electron chi connectivity index (χ0n) is 19.8. The molecule has 184 valence electrons. The van der Waals surface area contributed by atoms with Gasteiger partial charge in [-0.15, -0.1) is 0 Å². The van der Waals surface area contributed by atoms with Gasteiger partial charge >= 0.3 is 0 Å². The molecule has 0 aliphatic heterocycles. The Morgan fingerprint density at radius 2 is 1.54 bits per heavy atom. The van der Waals surface area contributed by atoms with Crippen LogP contribution in [0.4, 0.5) is 5.69 Å². The molecule has 35 heavy (non-hydrogen) atoms. The molecule has 0 bridgehead atoms. The lowest BCUT2D eigenvalue weighted by molar-refractivity contribution is -0.139. The Morgan fingerprint density at radius 3 is 2.11 bits per heavy atom. The standard InChI is InChI=1S/C26H28ClN3O4S/c1-19-9-11-21(12-10-19)17-29(20(2)26(32)28-3)25(31)18-30(23-15-13-22(27)14-16-23)35(33,34)24-7-5-4-6-8-24/h4-16,20H,17-18H2,1-3H3,(H,28,32)/t20-/m1/s1. The van der Waals surface area contributed by atoms with Gasteiger partial charge in [-0.05, 0) is 55.8 Å². The molecule has 3 aromatic carbocycles. The van der Waals surface area contributed by atoms with Crippen LogP contribution in [0.25, 0.3) is 0 Å². The summed E-state index contributed by atoms with van der Waals surface area (Å²) in [5.41, 5.74) is 2.17. The summed E-state index contributed by atoms with van der Waals surface area (Å²) < 4.78 is 28.2. The molecule has 0 aromatic heterocycles. The number of sulfonamides is 1. The number of halogens is 1. The first-order valence-corrected chi connectivity index (χ1v) is 12.8. The van der Waals surface area contributed by atoms with E-state index in [2.05, 4.69) is 5.32 Å². The van der Waals surface area contributed by atoms with E-state index in [4.69, 9.17) is 11.6 Å². The van der Waals surface area contributed by atoms with Gasteiger partial charge in [-0.1, -0.05) is 59.6 Å². The van der Waals surface area contributed by atoms with Crippen LogP contribution in [0.1, 0.15) is 18.1 Å². The van der Waals surface area contributed by atoms with E-state index < -0.39 is 28.5 Å². The zero-order valence-corrected chi connectivity index (χ0v) is 21.4. The number of rotatable bonds is 9. The topological polar surface area (TPSA) is 86.8 Å². The summed E-state index contributed by atoms with van der Waals surface area (Å²) in [7, 11) is -2.59. The number of aryl methyl sites for hydroxylation is 1. The summed E-state index contributed by atoms with van der Waals surface area (Å²) >= 11 is 6.01. The molecule has 3 rings (SSSR count). The molecular weight excluding hydrogens is 486 g/mol. The summed E-state index contributed by atoms with van der Waals surface area (Å²) in [6, 6.07) is 20.9. The summed E-state index contributed by atoms with van der Waals surface area (Å²) in [6.07, 6.45) is 0. The highest BCUT2D eigenvalue weighted by molar-refractivity contribution is 7.92. The maximum absolute atomic E-state index is 13.6. The van der Waals surface area contributed by atoms with Crippen LogP contribution in [-0.4, -0.2) is 44.8 Å². The lowest BCUT2D eigenvalue weighted by Crippen LogP contribution is -2.50. The molecular formula is C26H28ClN3O4S. The maximum atomic E-state index is 13.6. The van der Waals surface area contributed by atoms with Crippen molar-refractivity contribution in [1.82, 2.24) is 10.2 Å². The Bertz CT molecular complexity index is 1260. The molecule has 0 heterocycles. The van der Waals surface area contributed by atoms with Crippen molar-refractivity contribution in [3.8, 4) is 0 Å². The smallest absolute Gasteiger partial charge is 0.264 e. The van der Waals surface area contributed by atoms with E-state index in [1.54, 1.807) is 49.4 Å². The van der Waals surface area contributed by atoms with Crippen LogP contribution in [0.5, 0.6) is 0 Å². The molecule has 1 atom stereocenters. The third-order valence-electron chi connectivity index (χ3n) is 5.61. The second-order valence-corrected chi connectivity index (χ2v) is 10.4. The minimum atomic E-state index is -4.08. The van der Waals surface area contributed by atoms with E-state index in [-0.39, 0.29) is 23.0 Å². The fourth-order valence-corrected chi connectivity index (χ4v) is 5.10. The summed E-state index contributed by atoms with van der Waals surface area (Å²) in [4.78, 5) is 27.5. The van der Waals surface area contributed by atoms with E-state index in [0.717, 1.165) is 15.4 Å². The first kappa shape index (κ1) is 26.2. The molecule has 0 radical (unpaired) electrons. The summed E-state index contributed by atoms with van der Waals surface area (Å²) in [6.45, 7) is 3.22. The Kier molecular flexibility index (Phi) is 8.53. The van der Waals surface area contributed by atoms with Crippen molar-refractivity contribution in [2.75, 3.05) is 17.9 Å². The van der Waals surface area contributed by atoms with Crippen LogP contribution >= 0.6 is 11.6 Å². The SMILES string of the molecule is CNC(=O)[C@@H](C)N(Cc1ccc(C)cc1)C(=O)CN(c1ccc(Cl)cc1)S(=O)(=O)c1ccccc1. The number of hydrogen-bond donors (Lipinski definition) is 1. The number of benzene rings is 3. The highest BCUT2D eigenvalue weighted by atomic mass is 35.5. The van der Waals surface area contributed by atoms with Crippen LogP contribution in [0, 0.1) is 6.92 Å². The molecule has 7 nitrogen and oxygen atoms in total. The van der Waals surface area contributed by atoms with Crippen LogP contribution in [0.15, 0.2) is 83.8 Å². The summed E-state index contributed by atoms with van der Waals surface area (Å²) in [5, 5.41) is 3.00. The van der Waals surface area contributed by atoms with Gasteiger partial charge in [0.15, 0.2) is 0 Å². The number of carbonyl (C=O) groups is 2. The number of amides is 2. The fourth-order valence-electron chi connectivity index (χ4n) is 3.54. The minimum absolute atomic E-state index is 0.0483. The third kappa shape index (κ3) is 6.41. The number of anilines is 1. The minimum Gasteiger partial charge on any atom is -0.357 e. The van der Waals surface area contributed by atoms with Crippen molar-refractivity contribution >= 4 is 39.1 Å². The Morgan fingerprint density at radius 1 is 0.943 bits per heavy atom. The molecule has 0 aliphatic carbocycles. The second-order valence-electron chi connectivity index (χ2n) is 8.10. The second kappa shape index (κ2) is 11.4. The van der Waals surface area contributed by atoms with Gasteiger partial charge in [0, 0.05) is 18.6 Å². The summed E-state index contributed by atoms with van der Waals surface area (Å²) in [5.74, 6) is -0.870. The lowest BCUT2D eigenvalue weighted by atomic mass is 10.1. The molecule has 3 aromatic rings. The molecule has 0 aliphatic rings. The number of hydrogen-bond acceptors (Lipinski definition) is 4. The molecule has 0 fully saturated rings. The molecule has 0 spiro atoms. The van der Waals surface area contributed by atoms with Crippen LogP contribution in [0.3, 0.4) is 0 Å². The normalized spacial score (nSPS) is 12.0. The van der Waals surface area contributed by atoms with Gasteiger partial charge in [0.25, 0.3) is 10.0 Å².